The maximum atomic E-state index is 12.4. The van der Waals surface area contributed by atoms with Crippen LogP contribution in [0.1, 0.15) is 12.8 Å². The smallest absolute Gasteiger partial charge is 0.193 e. The van der Waals surface area contributed by atoms with Crippen molar-refractivity contribution < 1.29 is 13.2 Å². The van der Waals surface area contributed by atoms with Gasteiger partial charge in [0.15, 0.2) is 0 Å². The summed E-state index contributed by atoms with van der Waals surface area (Å²) in [7, 11) is 0. The topological polar surface area (TPSA) is 47.6 Å². The Morgan fingerprint density at radius 2 is 1.93 bits per heavy atom. The van der Waals surface area contributed by atoms with E-state index in [4.69, 9.17) is 10.5 Å². The monoisotopic (exact) mass is 230 g/mol. The molecule has 0 heterocycles. The highest BCUT2D eigenvalue weighted by Gasteiger charge is 2.36. The number of hydrogen-bond donors (Lipinski definition) is 0. The molecule has 0 aromatic rings. The number of nitriles is 2. The van der Waals surface area contributed by atoms with E-state index in [1.807, 2.05) is 0 Å². The van der Waals surface area contributed by atoms with Gasteiger partial charge in [0.1, 0.15) is 5.40 Å². The quantitative estimate of drug-likeness (QED) is 0.649. The Kier molecular flexibility index (Phi) is 3.43. The van der Waals surface area contributed by atoms with E-state index in [2.05, 4.69) is 0 Å². The van der Waals surface area contributed by atoms with Crippen molar-refractivity contribution in [3.63, 3.8) is 0 Å². The van der Waals surface area contributed by atoms with Gasteiger partial charge in [-0.15, -0.1) is 0 Å². The number of allylic oxidation sites excluding steroid dienone is 4. The Bertz CT molecular complexity index is 407. The molecule has 0 spiro atoms. The molecule has 0 atom stereocenters. The van der Waals surface area contributed by atoms with E-state index in [1.165, 1.54) is 0 Å². The van der Waals surface area contributed by atoms with E-state index >= 15 is 0 Å². The second-order valence-corrected chi connectivity index (χ2v) is 3.72. The first kappa shape index (κ1) is 11.7. The van der Waals surface area contributed by atoms with Crippen LogP contribution in [0.5, 0.6) is 0 Å². The summed E-state index contributed by atoms with van der Waals surface area (Å²) in [6.45, 7) is 0. The van der Waals surface area contributed by atoms with Crippen LogP contribution in [0.15, 0.2) is 22.1 Å². The molecule has 0 radical (unpaired) electrons. The van der Waals surface area contributed by atoms with E-state index < -0.39 is 11.7 Å². The molecule has 0 aromatic heterocycles. The van der Waals surface area contributed by atoms with Gasteiger partial charge in [-0.05, 0) is 30.7 Å². The first-order chi connectivity index (χ1) is 6.99. The number of thioether (sulfide) groups is 1. The van der Waals surface area contributed by atoms with Gasteiger partial charge in [-0.1, -0.05) is 0 Å². The number of halogens is 3. The fourth-order valence-corrected chi connectivity index (χ4v) is 1.71. The Morgan fingerprint density at radius 3 is 2.40 bits per heavy atom. The zero-order valence-corrected chi connectivity index (χ0v) is 8.24. The largest absolute Gasteiger partial charge is 0.417 e. The van der Waals surface area contributed by atoms with Crippen LogP contribution in [-0.2, 0) is 0 Å². The molecule has 6 heteroatoms. The molecule has 0 bridgehead atoms. The highest BCUT2D eigenvalue weighted by atomic mass is 32.2. The number of hydrogen-bond acceptors (Lipinski definition) is 3. The van der Waals surface area contributed by atoms with Crippen LogP contribution in [0.3, 0.4) is 0 Å². The van der Waals surface area contributed by atoms with Crippen LogP contribution < -0.4 is 0 Å². The summed E-state index contributed by atoms with van der Waals surface area (Å²) in [4.78, 5) is 0.351. The number of alkyl halides is 3. The lowest BCUT2D eigenvalue weighted by Crippen LogP contribution is -2.15. The van der Waals surface area contributed by atoms with Crippen LogP contribution in [0.25, 0.3) is 0 Å². The third kappa shape index (κ3) is 2.77. The SMILES string of the molecule is N#CSC1=CC(C(F)(F)F)=C(C#N)CC1. The standard InChI is InChI=1S/C9H5F3N2S/c10-9(11,12)8-3-7(15-5-14)2-1-6(8)4-13/h3H,1-2H2. The van der Waals surface area contributed by atoms with Crippen molar-refractivity contribution in [3.8, 4) is 11.5 Å². The van der Waals surface area contributed by atoms with E-state index in [0.717, 1.165) is 6.08 Å². The van der Waals surface area contributed by atoms with Gasteiger partial charge in [0.2, 0.25) is 0 Å². The second-order valence-electron chi connectivity index (χ2n) is 2.81. The van der Waals surface area contributed by atoms with Crippen molar-refractivity contribution in [2.75, 3.05) is 0 Å². The summed E-state index contributed by atoms with van der Waals surface area (Å²) >= 11 is 0.708. The summed E-state index contributed by atoms with van der Waals surface area (Å²) in [6.07, 6.45) is -3.27. The van der Waals surface area contributed by atoms with Crippen LogP contribution >= 0.6 is 11.8 Å². The Morgan fingerprint density at radius 1 is 1.27 bits per heavy atom. The average molecular weight is 230 g/mol. The molecule has 0 aliphatic heterocycles. The van der Waals surface area contributed by atoms with Crippen molar-refractivity contribution in [1.82, 2.24) is 0 Å². The van der Waals surface area contributed by atoms with Crippen molar-refractivity contribution in [2.45, 2.75) is 19.0 Å². The summed E-state index contributed by atoms with van der Waals surface area (Å²) < 4.78 is 37.3. The molecule has 0 aromatic carbocycles. The van der Waals surface area contributed by atoms with Gasteiger partial charge in [0.05, 0.1) is 11.6 Å². The minimum atomic E-state index is -4.52. The molecule has 2 nitrogen and oxygen atoms in total. The van der Waals surface area contributed by atoms with E-state index in [1.54, 1.807) is 11.5 Å². The summed E-state index contributed by atoms with van der Waals surface area (Å²) in [6, 6.07) is 1.55. The molecule has 1 aliphatic carbocycles. The Balaban J connectivity index is 3.11. The highest BCUT2D eigenvalue weighted by molar-refractivity contribution is 8.07. The second kappa shape index (κ2) is 4.41. The van der Waals surface area contributed by atoms with Gasteiger partial charge < -0.3 is 0 Å². The van der Waals surface area contributed by atoms with E-state index in [0.29, 0.717) is 23.1 Å². The minimum absolute atomic E-state index is 0.0475. The normalized spacial score (nSPS) is 16.7. The molecule has 0 amide bonds. The molecule has 0 N–H and O–H groups in total. The van der Waals surface area contributed by atoms with E-state index in [9.17, 15) is 13.2 Å². The van der Waals surface area contributed by atoms with Gasteiger partial charge in [0.25, 0.3) is 0 Å². The predicted molar refractivity (Wildman–Crippen MR) is 49.2 cm³/mol. The minimum Gasteiger partial charge on any atom is -0.193 e. The predicted octanol–water partition coefficient (Wildman–Crippen LogP) is 3.26. The molecule has 0 unspecified atom stereocenters. The van der Waals surface area contributed by atoms with E-state index in [-0.39, 0.29) is 12.0 Å². The number of nitrogens with zero attached hydrogens (tertiary/aromatic N) is 2. The molecule has 0 fully saturated rings. The van der Waals surface area contributed by atoms with Crippen molar-refractivity contribution in [1.29, 1.82) is 10.5 Å². The third-order valence-electron chi connectivity index (χ3n) is 1.87. The van der Waals surface area contributed by atoms with Crippen LogP contribution in [0.4, 0.5) is 13.2 Å². The number of rotatable bonds is 1. The summed E-state index contributed by atoms with van der Waals surface area (Å²) in [5.41, 5.74) is -1.18. The van der Waals surface area contributed by atoms with Crippen molar-refractivity contribution in [2.24, 2.45) is 0 Å². The molecular weight excluding hydrogens is 225 g/mol. The summed E-state index contributed by atoms with van der Waals surface area (Å²) in [5, 5.41) is 18.6. The fraction of sp³-hybridized carbons (Fsp3) is 0.333. The molecule has 0 saturated heterocycles. The molecule has 1 rings (SSSR count). The lowest BCUT2D eigenvalue weighted by molar-refractivity contribution is -0.0891. The maximum absolute atomic E-state index is 12.4. The highest BCUT2D eigenvalue weighted by Crippen LogP contribution is 2.38. The van der Waals surface area contributed by atoms with Crippen molar-refractivity contribution >= 4 is 11.8 Å². The molecule has 78 valence electrons. The van der Waals surface area contributed by atoms with Gasteiger partial charge in [0, 0.05) is 10.5 Å². The first-order valence-electron chi connectivity index (χ1n) is 3.96. The van der Waals surface area contributed by atoms with Gasteiger partial charge >= 0.3 is 6.18 Å². The molecule has 1 aliphatic rings. The first-order valence-corrected chi connectivity index (χ1v) is 4.77. The lowest BCUT2D eigenvalue weighted by atomic mass is 9.98. The molecule has 0 saturated carbocycles. The number of thiocyanates is 1. The van der Waals surface area contributed by atoms with Gasteiger partial charge in [-0.3, -0.25) is 0 Å². The van der Waals surface area contributed by atoms with Gasteiger partial charge in [-0.2, -0.15) is 23.7 Å². The molecular formula is C9H5F3N2S. The molecule has 15 heavy (non-hydrogen) atoms. The average Bonchev–Trinajstić information content (AvgIpc) is 2.17. The lowest BCUT2D eigenvalue weighted by Gasteiger charge is -2.16. The third-order valence-corrected chi connectivity index (χ3v) is 2.54. The van der Waals surface area contributed by atoms with Crippen LogP contribution in [0.2, 0.25) is 0 Å². The Hall–Kier alpha value is -1.40. The Labute approximate surface area is 88.7 Å². The zero-order valence-electron chi connectivity index (χ0n) is 7.43. The summed E-state index contributed by atoms with van der Waals surface area (Å²) in [5.74, 6) is 0. The van der Waals surface area contributed by atoms with Crippen molar-refractivity contribution in [3.05, 3.63) is 22.1 Å². The zero-order chi connectivity index (χ0) is 11.5. The van der Waals surface area contributed by atoms with Crippen LogP contribution in [-0.4, -0.2) is 6.18 Å². The fourth-order valence-electron chi connectivity index (χ4n) is 1.21. The maximum Gasteiger partial charge on any atom is 0.417 e. The van der Waals surface area contributed by atoms with Gasteiger partial charge in [-0.25, -0.2) is 0 Å². The van der Waals surface area contributed by atoms with Crippen LogP contribution in [0, 0.1) is 22.0 Å².